The van der Waals surface area contributed by atoms with Crippen molar-refractivity contribution < 1.29 is 9.90 Å². The number of aliphatic hydroxyl groups is 1. The summed E-state index contributed by atoms with van der Waals surface area (Å²) in [5.41, 5.74) is 0.0673. The van der Waals surface area contributed by atoms with E-state index < -0.39 is 6.10 Å². The fourth-order valence-electron chi connectivity index (χ4n) is 5.60. The Hall–Kier alpha value is -1.50. The lowest BCUT2D eigenvalue weighted by Crippen LogP contribution is -2.54. The first kappa shape index (κ1) is 15.1. The van der Waals surface area contributed by atoms with E-state index in [1.54, 1.807) is 0 Å². The molecule has 0 spiro atoms. The second kappa shape index (κ2) is 5.85. The van der Waals surface area contributed by atoms with Gasteiger partial charge in [0.05, 0.1) is 12.6 Å². The SMILES string of the molecule is O=C(CCn1cnnn1)NCC(O)C12CC3CC(CC(C3)C1)C2. The zero-order valence-electron chi connectivity index (χ0n) is 13.4. The Kier molecular flexibility index (Phi) is 3.83. The molecule has 0 aromatic carbocycles. The van der Waals surface area contributed by atoms with Crippen molar-refractivity contribution in [2.24, 2.45) is 23.2 Å². The van der Waals surface area contributed by atoms with E-state index in [1.165, 1.54) is 30.3 Å². The maximum atomic E-state index is 12.0. The predicted octanol–water partition coefficient (Wildman–Crippen LogP) is 0.757. The van der Waals surface area contributed by atoms with Gasteiger partial charge in [0, 0.05) is 13.0 Å². The number of aryl methyl sites for hydroxylation is 1. The predicted molar refractivity (Wildman–Crippen MR) is 82.1 cm³/mol. The quantitative estimate of drug-likeness (QED) is 0.807. The highest BCUT2D eigenvalue weighted by Crippen LogP contribution is 2.61. The summed E-state index contributed by atoms with van der Waals surface area (Å²) in [4.78, 5) is 12.0. The molecule has 7 nitrogen and oxygen atoms in total. The summed E-state index contributed by atoms with van der Waals surface area (Å²) in [5.74, 6) is 2.38. The highest BCUT2D eigenvalue weighted by atomic mass is 16.3. The summed E-state index contributed by atoms with van der Waals surface area (Å²) in [6.07, 6.45) is 8.98. The van der Waals surface area contributed by atoms with Gasteiger partial charge in [-0.2, -0.15) is 0 Å². The van der Waals surface area contributed by atoms with Gasteiger partial charge in [-0.15, -0.1) is 5.10 Å². The highest BCUT2D eigenvalue weighted by molar-refractivity contribution is 5.75. The second-order valence-corrected chi connectivity index (χ2v) is 7.92. The van der Waals surface area contributed by atoms with E-state index in [4.69, 9.17) is 0 Å². The van der Waals surface area contributed by atoms with Gasteiger partial charge >= 0.3 is 0 Å². The number of rotatable bonds is 6. The molecule has 7 heteroatoms. The van der Waals surface area contributed by atoms with Gasteiger partial charge in [0.1, 0.15) is 6.33 Å². The molecule has 0 saturated heterocycles. The van der Waals surface area contributed by atoms with Crippen LogP contribution < -0.4 is 5.32 Å². The molecule has 1 atom stereocenters. The monoisotopic (exact) mass is 319 g/mol. The molecule has 4 bridgehead atoms. The second-order valence-electron chi connectivity index (χ2n) is 7.92. The summed E-state index contributed by atoms with van der Waals surface area (Å²) in [7, 11) is 0. The number of hydrogen-bond acceptors (Lipinski definition) is 5. The number of carbonyl (C=O) groups is 1. The van der Waals surface area contributed by atoms with Gasteiger partial charge in [-0.1, -0.05) is 0 Å². The van der Waals surface area contributed by atoms with Crippen molar-refractivity contribution in [1.82, 2.24) is 25.5 Å². The van der Waals surface area contributed by atoms with Crippen molar-refractivity contribution >= 4 is 5.91 Å². The minimum absolute atomic E-state index is 0.0516. The van der Waals surface area contributed by atoms with Crippen molar-refractivity contribution in [2.45, 2.75) is 57.6 Å². The van der Waals surface area contributed by atoms with Gasteiger partial charge in [-0.05, 0) is 72.1 Å². The molecule has 126 valence electrons. The number of amides is 1. The number of aromatic nitrogens is 4. The third kappa shape index (κ3) is 2.98. The molecule has 0 radical (unpaired) electrons. The van der Waals surface area contributed by atoms with E-state index in [2.05, 4.69) is 20.8 Å². The number of nitrogens with zero attached hydrogens (tertiary/aromatic N) is 4. The minimum atomic E-state index is -0.409. The number of nitrogens with one attached hydrogen (secondary N) is 1. The fraction of sp³-hybridized carbons (Fsp3) is 0.875. The van der Waals surface area contributed by atoms with Gasteiger partial charge in [-0.25, -0.2) is 4.68 Å². The van der Waals surface area contributed by atoms with Crippen LogP contribution in [0.3, 0.4) is 0 Å². The van der Waals surface area contributed by atoms with Crippen LogP contribution in [0.4, 0.5) is 0 Å². The van der Waals surface area contributed by atoms with Crippen LogP contribution in [0.1, 0.15) is 44.9 Å². The molecule has 5 rings (SSSR count). The Morgan fingerprint density at radius 3 is 2.48 bits per heavy atom. The molecule has 4 aliphatic rings. The molecule has 1 aromatic heterocycles. The lowest BCUT2D eigenvalue weighted by molar-refractivity contribution is -0.129. The lowest BCUT2D eigenvalue weighted by Gasteiger charge is -2.58. The fourth-order valence-corrected chi connectivity index (χ4v) is 5.60. The van der Waals surface area contributed by atoms with Gasteiger partial charge in [0.25, 0.3) is 0 Å². The van der Waals surface area contributed by atoms with Crippen molar-refractivity contribution in [2.75, 3.05) is 6.54 Å². The average molecular weight is 319 g/mol. The van der Waals surface area contributed by atoms with Crippen LogP contribution in [0.25, 0.3) is 0 Å². The van der Waals surface area contributed by atoms with Gasteiger partial charge in [-0.3, -0.25) is 4.79 Å². The smallest absolute Gasteiger partial charge is 0.221 e. The standard InChI is InChI=1S/C16H25N5O2/c22-14(9-17-15(23)1-2-21-10-18-19-20-21)16-6-11-3-12(7-16)5-13(4-11)8-16/h10-14,22H,1-9H2,(H,17,23). The van der Waals surface area contributed by atoms with E-state index in [0.29, 0.717) is 19.5 Å². The van der Waals surface area contributed by atoms with E-state index in [0.717, 1.165) is 37.0 Å². The largest absolute Gasteiger partial charge is 0.391 e. The van der Waals surface area contributed by atoms with Crippen LogP contribution in [0.15, 0.2) is 6.33 Å². The molecule has 4 aliphatic carbocycles. The summed E-state index contributed by atoms with van der Waals surface area (Å²) in [5, 5.41) is 24.5. The van der Waals surface area contributed by atoms with Crippen LogP contribution >= 0.6 is 0 Å². The zero-order chi connectivity index (χ0) is 15.9. The molecule has 1 aromatic rings. The summed E-state index contributed by atoms with van der Waals surface area (Å²) < 4.78 is 1.54. The highest BCUT2D eigenvalue weighted by Gasteiger charge is 2.53. The summed E-state index contributed by atoms with van der Waals surface area (Å²) in [6, 6.07) is 0. The zero-order valence-corrected chi connectivity index (χ0v) is 13.4. The third-order valence-electron chi connectivity index (χ3n) is 6.24. The summed E-state index contributed by atoms with van der Waals surface area (Å²) >= 11 is 0. The van der Waals surface area contributed by atoms with Crippen LogP contribution in [0.2, 0.25) is 0 Å². The minimum Gasteiger partial charge on any atom is -0.391 e. The number of hydrogen-bond donors (Lipinski definition) is 2. The molecule has 4 fully saturated rings. The van der Waals surface area contributed by atoms with Crippen molar-refractivity contribution in [3.63, 3.8) is 0 Å². The Labute approximate surface area is 135 Å². The van der Waals surface area contributed by atoms with Crippen molar-refractivity contribution in [3.05, 3.63) is 6.33 Å². The van der Waals surface area contributed by atoms with Gasteiger partial charge < -0.3 is 10.4 Å². The maximum Gasteiger partial charge on any atom is 0.221 e. The van der Waals surface area contributed by atoms with Crippen LogP contribution in [0, 0.1) is 23.2 Å². The van der Waals surface area contributed by atoms with E-state index in [-0.39, 0.29) is 11.3 Å². The van der Waals surface area contributed by atoms with Gasteiger partial charge in [0.2, 0.25) is 5.91 Å². The molecular formula is C16H25N5O2. The van der Waals surface area contributed by atoms with Gasteiger partial charge in [0.15, 0.2) is 0 Å². The van der Waals surface area contributed by atoms with Crippen LogP contribution in [0.5, 0.6) is 0 Å². The van der Waals surface area contributed by atoms with Crippen LogP contribution in [-0.4, -0.2) is 43.9 Å². The Balaban J connectivity index is 1.28. The van der Waals surface area contributed by atoms with Crippen molar-refractivity contribution in [3.8, 4) is 0 Å². The topological polar surface area (TPSA) is 92.9 Å². The summed E-state index contributed by atoms with van der Waals surface area (Å²) in [6.45, 7) is 0.840. The number of tetrazole rings is 1. The molecule has 2 N–H and O–H groups in total. The molecule has 23 heavy (non-hydrogen) atoms. The Morgan fingerprint density at radius 1 is 1.26 bits per heavy atom. The van der Waals surface area contributed by atoms with E-state index in [9.17, 15) is 9.90 Å². The number of aliphatic hydroxyl groups excluding tert-OH is 1. The molecular weight excluding hydrogens is 294 g/mol. The van der Waals surface area contributed by atoms with Crippen molar-refractivity contribution in [1.29, 1.82) is 0 Å². The lowest BCUT2D eigenvalue weighted by atomic mass is 9.48. The van der Waals surface area contributed by atoms with E-state index in [1.807, 2.05) is 0 Å². The molecule has 1 amide bonds. The Bertz CT molecular complexity index is 524. The third-order valence-corrected chi connectivity index (χ3v) is 6.24. The maximum absolute atomic E-state index is 12.0. The van der Waals surface area contributed by atoms with Crippen LogP contribution in [-0.2, 0) is 11.3 Å². The van der Waals surface area contributed by atoms with E-state index >= 15 is 0 Å². The molecule has 1 heterocycles. The average Bonchev–Trinajstić information content (AvgIpc) is 3.02. The Morgan fingerprint density at radius 2 is 1.91 bits per heavy atom. The normalized spacial score (nSPS) is 36.1. The first-order chi connectivity index (χ1) is 11.1. The molecule has 1 unspecified atom stereocenters. The number of carbonyl (C=O) groups excluding carboxylic acids is 1. The molecule has 0 aliphatic heterocycles. The molecule has 4 saturated carbocycles. The first-order valence-electron chi connectivity index (χ1n) is 8.78. The first-order valence-corrected chi connectivity index (χ1v) is 8.78.